The second kappa shape index (κ2) is 4.78. The Morgan fingerprint density at radius 1 is 1.35 bits per heavy atom. The largest absolute Gasteiger partial charge is 0.322 e. The van der Waals surface area contributed by atoms with Crippen molar-refractivity contribution >= 4 is 11.6 Å². The van der Waals surface area contributed by atoms with Crippen molar-refractivity contribution in [3.63, 3.8) is 0 Å². The molecular formula is C12H14N4O. The van der Waals surface area contributed by atoms with Crippen molar-refractivity contribution in [2.45, 2.75) is 19.9 Å². The quantitative estimate of drug-likeness (QED) is 0.878. The molecule has 5 heteroatoms. The number of nitrogens with one attached hydrogen (secondary N) is 1. The number of aromatic nitrogens is 3. The van der Waals surface area contributed by atoms with E-state index in [1.165, 1.54) is 0 Å². The molecule has 0 saturated heterocycles. The summed E-state index contributed by atoms with van der Waals surface area (Å²) in [6, 6.07) is 3.73. The molecule has 2 heterocycles. The molecule has 17 heavy (non-hydrogen) atoms. The topological polar surface area (TPSA) is 59.8 Å². The molecule has 0 aromatic carbocycles. The van der Waals surface area contributed by atoms with Gasteiger partial charge in [-0.3, -0.25) is 14.5 Å². The predicted octanol–water partition coefficient (Wildman–Crippen LogP) is 2.11. The van der Waals surface area contributed by atoms with Crippen LogP contribution in [0.1, 0.15) is 30.2 Å². The van der Waals surface area contributed by atoms with Gasteiger partial charge in [0, 0.05) is 30.3 Å². The minimum absolute atomic E-state index is 0.164. The third kappa shape index (κ3) is 2.69. The van der Waals surface area contributed by atoms with E-state index in [0.717, 1.165) is 5.69 Å². The molecule has 2 aromatic rings. The van der Waals surface area contributed by atoms with Gasteiger partial charge in [-0.15, -0.1) is 0 Å². The number of nitrogens with zero attached hydrogens (tertiary/aromatic N) is 3. The maximum Gasteiger partial charge on any atom is 0.258 e. The maximum atomic E-state index is 11.9. The van der Waals surface area contributed by atoms with Gasteiger partial charge < -0.3 is 5.32 Å². The zero-order valence-electron chi connectivity index (χ0n) is 9.79. The fourth-order valence-electron chi connectivity index (χ4n) is 1.38. The van der Waals surface area contributed by atoms with Crippen molar-refractivity contribution in [3.05, 3.63) is 42.5 Å². The molecule has 2 rings (SSSR count). The molecule has 0 bridgehead atoms. The molecule has 0 aliphatic rings. The molecule has 0 fully saturated rings. The molecule has 0 unspecified atom stereocenters. The van der Waals surface area contributed by atoms with Crippen LogP contribution in [0.15, 0.2) is 36.9 Å². The molecule has 5 nitrogen and oxygen atoms in total. The van der Waals surface area contributed by atoms with E-state index in [4.69, 9.17) is 0 Å². The van der Waals surface area contributed by atoms with Crippen LogP contribution in [0.5, 0.6) is 0 Å². The van der Waals surface area contributed by atoms with Gasteiger partial charge in [0.15, 0.2) is 0 Å². The normalized spacial score (nSPS) is 10.5. The maximum absolute atomic E-state index is 11.9. The molecule has 88 valence electrons. The summed E-state index contributed by atoms with van der Waals surface area (Å²) in [5.74, 6) is -0.164. The Morgan fingerprint density at radius 3 is 2.65 bits per heavy atom. The lowest BCUT2D eigenvalue weighted by atomic mass is 10.3. The van der Waals surface area contributed by atoms with Crippen LogP contribution in [0, 0.1) is 0 Å². The van der Waals surface area contributed by atoms with E-state index in [2.05, 4.69) is 15.4 Å². The SMILES string of the molecule is CC(C)n1cc(C(=O)Nc2ccncc2)cn1. The van der Waals surface area contributed by atoms with Crippen LogP contribution in [0.25, 0.3) is 0 Å². The lowest BCUT2D eigenvalue weighted by Crippen LogP contribution is -2.11. The van der Waals surface area contributed by atoms with Crippen molar-refractivity contribution < 1.29 is 4.79 Å². The van der Waals surface area contributed by atoms with Gasteiger partial charge in [-0.2, -0.15) is 5.10 Å². The molecule has 0 aliphatic carbocycles. The van der Waals surface area contributed by atoms with Crippen LogP contribution in [-0.4, -0.2) is 20.7 Å². The highest BCUT2D eigenvalue weighted by molar-refractivity contribution is 6.03. The third-order valence-corrected chi connectivity index (χ3v) is 2.33. The second-order valence-electron chi connectivity index (χ2n) is 3.99. The lowest BCUT2D eigenvalue weighted by Gasteiger charge is -2.04. The molecule has 1 N–H and O–H groups in total. The van der Waals surface area contributed by atoms with Gasteiger partial charge in [-0.25, -0.2) is 0 Å². The monoisotopic (exact) mass is 230 g/mol. The number of hydrogen-bond acceptors (Lipinski definition) is 3. The zero-order chi connectivity index (χ0) is 12.3. The average Bonchev–Trinajstić information content (AvgIpc) is 2.79. The Balaban J connectivity index is 2.10. The first-order valence-corrected chi connectivity index (χ1v) is 5.42. The summed E-state index contributed by atoms with van der Waals surface area (Å²) in [6.45, 7) is 4.02. The Labute approximate surface area is 99.5 Å². The van der Waals surface area contributed by atoms with Gasteiger partial charge in [-0.05, 0) is 26.0 Å². The highest BCUT2D eigenvalue weighted by atomic mass is 16.1. The minimum Gasteiger partial charge on any atom is -0.322 e. The number of anilines is 1. The van der Waals surface area contributed by atoms with Crippen LogP contribution in [0.3, 0.4) is 0 Å². The van der Waals surface area contributed by atoms with Gasteiger partial charge in [0.2, 0.25) is 0 Å². The van der Waals surface area contributed by atoms with Crippen molar-refractivity contribution in [1.29, 1.82) is 0 Å². The van der Waals surface area contributed by atoms with Crippen LogP contribution >= 0.6 is 0 Å². The summed E-state index contributed by atoms with van der Waals surface area (Å²) in [5.41, 5.74) is 1.28. The van der Waals surface area contributed by atoms with Crippen LogP contribution in [0.2, 0.25) is 0 Å². The number of amides is 1. The van der Waals surface area contributed by atoms with E-state index < -0.39 is 0 Å². The highest BCUT2D eigenvalue weighted by Crippen LogP contribution is 2.09. The van der Waals surface area contributed by atoms with Crippen molar-refractivity contribution in [2.24, 2.45) is 0 Å². The van der Waals surface area contributed by atoms with Crippen LogP contribution in [-0.2, 0) is 0 Å². The number of carbonyl (C=O) groups excluding carboxylic acids is 1. The van der Waals surface area contributed by atoms with E-state index in [1.54, 1.807) is 41.6 Å². The summed E-state index contributed by atoms with van der Waals surface area (Å²) in [7, 11) is 0. The summed E-state index contributed by atoms with van der Waals surface area (Å²) in [5, 5.41) is 6.90. The Hall–Kier alpha value is -2.17. The van der Waals surface area contributed by atoms with Crippen LogP contribution < -0.4 is 5.32 Å². The number of rotatable bonds is 3. The third-order valence-electron chi connectivity index (χ3n) is 2.33. The van der Waals surface area contributed by atoms with Crippen molar-refractivity contribution in [1.82, 2.24) is 14.8 Å². The number of hydrogen-bond donors (Lipinski definition) is 1. The summed E-state index contributed by atoms with van der Waals surface area (Å²) in [4.78, 5) is 15.8. The fraction of sp³-hybridized carbons (Fsp3) is 0.250. The standard InChI is InChI=1S/C12H14N4O/c1-9(2)16-8-10(7-14-16)12(17)15-11-3-5-13-6-4-11/h3-9H,1-2H3,(H,13,15,17). The average molecular weight is 230 g/mol. The van der Waals surface area contributed by atoms with Gasteiger partial charge in [0.05, 0.1) is 11.8 Å². The highest BCUT2D eigenvalue weighted by Gasteiger charge is 2.09. The first kappa shape index (κ1) is 11.3. The summed E-state index contributed by atoms with van der Waals surface area (Å²) < 4.78 is 1.75. The fourth-order valence-corrected chi connectivity index (χ4v) is 1.38. The second-order valence-corrected chi connectivity index (χ2v) is 3.99. The zero-order valence-corrected chi connectivity index (χ0v) is 9.79. The molecule has 0 saturated carbocycles. The first-order chi connectivity index (χ1) is 8.16. The number of pyridine rings is 1. The van der Waals surface area contributed by atoms with Crippen molar-refractivity contribution in [2.75, 3.05) is 5.32 Å². The van der Waals surface area contributed by atoms with Crippen LogP contribution in [0.4, 0.5) is 5.69 Å². The molecule has 0 spiro atoms. The molecule has 0 aliphatic heterocycles. The predicted molar refractivity (Wildman–Crippen MR) is 64.8 cm³/mol. The van der Waals surface area contributed by atoms with E-state index in [1.807, 2.05) is 13.8 Å². The van der Waals surface area contributed by atoms with Gasteiger partial charge in [-0.1, -0.05) is 0 Å². The molecule has 2 aromatic heterocycles. The number of carbonyl (C=O) groups is 1. The first-order valence-electron chi connectivity index (χ1n) is 5.42. The molecule has 0 atom stereocenters. The Bertz CT molecular complexity index is 504. The minimum atomic E-state index is -0.164. The smallest absolute Gasteiger partial charge is 0.258 e. The van der Waals surface area contributed by atoms with E-state index in [0.29, 0.717) is 5.56 Å². The van der Waals surface area contributed by atoms with Gasteiger partial charge in [0.25, 0.3) is 5.91 Å². The van der Waals surface area contributed by atoms with E-state index in [-0.39, 0.29) is 11.9 Å². The molecule has 1 amide bonds. The van der Waals surface area contributed by atoms with Gasteiger partial charge in [0.1, 0.15) is 0 Å². The Kier molecular flexibility index (Phi) is 3.18. The van der Waals surface area contributed by atoms with Crippen molar-refractivity contribution in [3.8, 4) is 0 Å². The van der Waals surface area contributed by atoms with E-state index in [9.17, 15) is 4.79 Å². The summed E-state index contributed by atoms with van der Waals surface area (Å²) in [6.07, 6.45) is 6.57. The summed E-state index contributed by atoms with van der Waals surface area (Å²) >= 11 is 0. The lowest BCUT2D eigenvalue weighted by molar-refractivity contribution is 0.102. The van der Waals surface area contributed by atoms with E-state index >= 15 is 0 Å². The Morgan fingerprint density at radius 2 is 2.06 bits per heavy atom. The van der Waals surface area contributed by atoms with Gasteiger partial charge >= 0.3 is 0 Å². The molecule has 0 radical (unpaired) electrons. The molecular weight excluding hydrogens is 216 g/mol.